The van der Waals surface area contributed by atoms with Crippen molar-refractivity contribution in [2.75, 3.05) is 33.7 Å². The molecular formula is C19H27N3O3. The van der Waals surface area contributed by atoms with E-state index in [1.165, 1.54) is 0 Å². The van der Waals surface area contributed by atoms with E-state index >= 15 is 0 Å². The summed E-state index contributed by atoms with van der Waals surface area (Å²) in [4.78, 5) is 28.1. The third-order valence-electron chi connectivity index (χ3n) is 5.84. The molecule has 1 aromatic rings. The number of carbonyl (C=O) groups is 2. The third-order valence-corrected chi connectivity index (χ3v) is 5.84. The van der Waals surface area contributed by atoms with E-state index in [4.69, 9.17) is 0 Å². The van der Waals surface area contributed by atoms with Gasteiger partial charge >= 0.3 is 12.0 Å². The summed E-state index contributed by atoms with van der Waals surface area (Å²) in [5, 5.41) is 12.7. The lowest BCUT2D eigenvalue weighted by Crippen LogP contribution is -2.44. The number of amides is 2. The van der Waals surface area contributed by atoms with Gasteiger partial charge in [0.25, 0.3) is 0 Å². The average molecular weight is 345 g/mol. The average Bonchev–Trinajstić information content (AvgIpc) is 3.14. The number of nitrogens with zero attached hydrogens (tertiary/aromatic N) is 2. The molecule has 1 heterocycles. The van der Waals surface area contributed by atoms with Crippen LogP contribution < -0.4 is 5.32 Å². The summed E-state index contributed by atoms with van der Waals surface area (Å²) in [7, 11) is 3.98. The number of likely N-dealkylation sites (tertiary alicyclic amines) is 1. The van der Waals surface area contributed by atoms with Gasteiger partial charge in [-0.2, -0.15) is 0 Å². The number of carbonyl (C=O) groups excluding carboxylic acids is 1. The Morgan fingerprint density at radius 3 is 2.68 bits per heavy atom. The van der Waals surface area contributed by atoms with Crippen molar-refractivity contribution < 1.29 is 14.7 Å². The summed E-state index contributed by atoms with van der Waals surface area (Å²) in [6.45, 7) is 1.38. The smallest absolute Gasteiger partial charge is 0.317 e. The Labute approximate surface area is 148 Å². The monoisotopic (exact) mass is 345 g/mol. The van der Waals surface area contributed by atoms with E-state index in [1.807, 2.05) is 32.3 Å². The number of likely N-dealkylation sites (N-methyl/N-ethyl adjacent to an activating group) is 1. The number of hydrogen-bond donors (Lipinski definition) is 2. The molecule has 3 atom stereocenters. The van der Waals surface area contributed by atoms with Gasteiger partial charge in [0.2, 0.25) is 0 Å². The first kappa shape index (κ1) is 17.7. The molecule has 1 aromatic carbocycles. The first-order valence-corrected chi connectivity index (χ1v) is 8.91. The highest BCUT2D eigenvalue weighted by Crippen LogP contribution is 2.48. The molecule has 1 aliphatic heterocycles. The minimum absolute atomic E-state index is 0.0840. The molecule has 0 bridgehead atoms. The standard InChI is InChI=1S/C19H27N3O3/c1-21(2)16(14-7-4-3-5-8-14)11-20-18(25)22-12-15-9-6-10-19(15,13-22)17(23)24/h3-5,7-8,15-16H,6,9-13H2,1-2H3,(H,20,25)(H,23,24)/t15-,16?,19+/m0/s1. The van der Waals surface area contributed by atoms with Gasteiger partial charge in [-0.15, -0.1) is 0 Å². The summed E-state index contributed by atoms with van der Waals surface area (Å²) >= 11 is 0. The zero-order valence-corrected chi connectivity index (χ0v) is 14.9. The van der Waals surface area contributed by atoms with Gasteiger partial charge in [0, 0.05) is 19.6 Å². The van der Waals surface area contributed by atoms with E-state index in [0.29, 0.717) is 26.1 Å². The molecule has 2 N–H and O–H groups in total. The predicted octanol–water partition coefficient (Wildman–Crippen LogP) is 2.19. The van der Waals surface area contributed by atoms with Crippen molar-refractivity contribution in [3.8, 4) is 0 Å². The fourth-order valence-corrected chi connectivity index (χ4v) is 4.36. The van der Waals surface area contributed by atoms with E-state index in [9.17, 15) is 14.7 Å². The molecular weight excluding hydrogens is 318 g/mol. The van der Waals surface area contributed by atoms with Gasteiger partial charge in [0.05, 0.1) is 11.5 Å². The third kappa shape index (κ3) is 3.35. The summed E-state index contributed by atoms with van der Waals surface area (Å²) in [5.41, 5.74) is 0.422. The molecule has 2 amide bonds. The molecule has 1 saturated heterocycles. The maximum Gasteiger partial charge on any atom is 0.317 e. The number of nitrogens with one attached hydrogen (secondary N) is 1. The Kier molecular flexibility index (Phi) is 4.99. The van der Waals surface area contributed by atoms with Crippen LogP contribution in [0.4, 0.5) is 4.79 Å². The predicted molar refractivity (Wildman–Crippen MR) is 95.3 cm³/mol. The second-order valence-electron chi connectivity index (χ2n) is 7.51. The van der Waals surface area contributed by atoms with Crippen LogP contribution >= 0.6 is 0 Å². The van der Waals surface area contributed by atoms with Crippen LogP contribution in [0.15, 0.2) is 30.3 Å². The van der Waals surface area contributed by atoms with Gasteiger partial charge in [0.15, 0.2) is 0 Å². The second-order valence-corrected chi connectivity index (χ2v) is 7.51. The minimum Gasteiger partial charge on any atom is -0.481 e. The number of carboxylic acid groups (broad SMARTS) is 1. The van der Waals surface area contributed by atoms with Gasteiger partial charge in [0.1, 0.15) is 0 Å². The SMILES string of the molecule is CN(C)C(CNC(=O)N1C[C@@H]2CCC[C@@]2(C(=O)O)C1)c1ccccc1. The van der Waals surface area contributed by atoms with Crippen molar-refractivity contribution in [3.63, 3.8) is 0 Å². The molecule has 2 aliphatic rings. The molecule has 6 nitrogen and oxygen atoms in total. The van der Waals surface area contributed by atoms with Crippen molar-refractivity contribution in [2.45, 2.75) is 25.3 Å². The fourth-order valence-electron chi connectivity index (χ4n) is 4.36. The lowest BCUT2D eigenvalue weighted by atomic mass is 9.81. The molecule has 3 rings (SSSR count). The molecule has 0 radical (unpaired) electrons. The van der Waals surface area contributed by atoms with E-state index in [0.717, 1.165) is 18.4 Å². The van der Waals surface area contributed by atoms with Crippen LogP contribution in [0.5, 0.6) is 0 Å². The first-order valence-electron chi connectivity index (χ1n) is 8.91. The minimum atomic E-state index is -0.749. The first-order chi connectivity index (χ1) is 11.9. The van der Waals surface area contributed by atoms with Crippen molar-refractivity contribution in [2.24, 2.45) is 11.3 Å². The Bertz CT molecular complexity index is 634. The summed E-state index contributed by atoms with van der Waals surface area (Å²) in [5.74, 6) is -0.657. The van der Waals surface area contributed by atoms with Crippen molar-refractivity contribution >= 4 is 12.0 Å². The maximum atomic E-state index is 12.6. The number of urea groups is 1. The topological polar surface area (TPSA) is 72.9 Å². The van der Waals surface area contributed by atoms with Crippen LogP contribution in [0.2, 0.25) is 0 Å². The lowest BCUT2D eigenvalue weighted by Gasteiger charge is -2.27. The zero-order valence-electron chi connectivity index (χ0n) is 14.9. The Morgan fingerprint density at radius 2 is 2.08 bits per heavy atom. The van der Waals surface area contributed by atoms with Crippen molar-refractivity contribution in [1.29, 1.82) is 0 Å². The molecule has 136 valence electrons. The Hall–Kier alpha value is -2.08. The number of carboxylic acids is 1. The normalized spacial score (nSPS) is 26.5. The van der Waals surface area contributed by atoms with Crippen LogP contribution in [0, 0.1) is 11.3 Å². The molecule has 1 unspecified atom stereocenters. The largest absolute Gasteiger partial charge is 0.481 e. The molecule has 6 heteroatoms. The molecule has 1 aliphatic carbocycles. The van der Waals surface area contributed by atoms with E-state index in [1.54, 1.807) is 4.90 Å². The molecule has 0 aromatic heterocycles. The zero-order chi connectivity index (χ0) is 18.0. The van der Waals surface area contributed by atoms with Crippen LogP contribution in [0.1, 0.15) is 30.9 Å². The van der Waals surface area contributed by atoms with E-state index < -0.39 is 11.4 Å². The highest BCUT2D eigenvalue weighted by atomic mass is 16.4. The number of benzene rings is 1. The summed E-state index contributed by atoms with van der Waals surface area (Å²) < 4.78 is 0. The quantitative estimate of drug-likeness (QED) is 0.858. The van der Waals surface area contributed by atoms with Crippen LogP contribution in [0.3, 0.4) is 0 Å². The maximum absolute atomic E-state index is 12.6. The molecule has 0 spiro atoms. The highest BCUT2D eigenvalue weighted by molar-refractivity contribution is 5.80. The second kappa shape index (κ2) is 7.04. The van der Waals surface area contributed by atoms with Gasteiger partial charge in [-0.3, -0.25) is 4.79 Å². The summed E-state index contributed by atoms with van der Waals surface area (Å²) in [6.07, 6.45) is 2.53. The fraction of sp³-hybridized carbons (Fsp3) is 0.579. The number of fused-ring (bicyclic) bond motifs is 1. The number of hydrogen-bond acceptors (Lipinski definition) is 3. The Balaban J connectivity index is 1.62. The number of rotatable bonds is 5. The van der Waals surface area contributed by atoms with Gasteiger partial charge in [-0.25, -0.2) is 4.79 Å². The molecule has 25 heavy (non-hydrogen) atoms. The van der Waals surface area contributed by atoms with Crippen LogP contribution in [-0.4, -0.2) is 60.6 Å². The lowest BCUT2D eigenvalue weighted by molar-refractivity contribution is -0.149. The Morgan fingerprint density at radius 1 is 1.36 bits per heavy atom. The summed E-state index contributed by atoms with van der Waals surface area (Å²) in [6, 6.07) is 9.99. The van der Waals surface area contributed by atoms with E-state index in [2.05, 4.69) is 22.3 Å². The molecule has 1 saturated carbocycles. The van der Waals surface area contributed by atoms with Crippen molar-refractivity contribution in [3.05, 3.63) is 35.9 Å². The number of aliphatic carboxylic acids is 1. The van der Waals surface area contributed by atoms with Crippen molar-refractivity contribution in [1.82, 2.24) is 15.1 Å². The van der Waals surface area contributed by atoms with Crippen LogP contribution in [0.25, 0.3) is 0 Å². The van der Waals surface area contributed by atoms with Gasteiger partial charge in [-0.05, 0) is 38.4 Å². The van der Waals surface area contributed by atoms with E-state index in [-0.39, 0.29) is 18.0 Å². The van der Waals surface area contributed by atoms with Crippen LogP contribution in [-0.2, 0) is 4.79 Å². The molecule has 2 fully saturated rings. The van der Waals surface area contributed by atoms with Gasteiger partial charge in [-0.1, -0.05) is 36.8 Å². The highest BCUT2D eigenvalue weighted by Gasteiger charge is 2.55. The van der Waals surface area contributed by atoms with Gasteiger partial charge < -0.3 is 20.2 Å².